The minimum atomic E-state index is 0.862. The Hall–Kier alpha value is -1.58. The fourth-order valence-corrected chi connectivity index (χ4v) is 2.34. The molecule has 0 fully saturated rings. The lowest BCUT2D eigenvalue weighted by Gasteiger charge is -2.04. The topological polar surface area (TPSA) is 24.9 Å². The number of nitrogens with zero attached hydrogens (tertiary/aromatic N) is 1. The number of pyridine rings is 1. The predicted molar refractivity (Wildman–Crippen MR) is 83.9 cm³/mol. The van der Waals surface area contributed by atoms with Crippen LogP contribution in [-0.4, -0.2) is 12.0 Å². The van der Waals surface area contributed by atoms with E-state index in [1.54, 1.807) is 11.9 Å². The molecule has 0 amide bonds. The van der Waals surface area contributed by atoms with Gasteiger partial charge in [0.15, 0.2) is 0 Å². The highest BCUT2D eigenvalue weighted by Gasteiger charge is 1.99. The monoisotopic (exact) mass is 270 g/mol. The molecule has 0 atom stereocenters. The Morgan fingerprint density at radius 2 is 1.95 bits per heavy atom. The molecule has 1 N–H and O–H groups in total. The first-order chi connectivity index (χ1) is 9.31. The van der Waals surface area contributed by atoms with E-state index in [1.807, 2.05) is 25.4 Å². The molecule has 3 heteroatoms. The van der Waals surface area contributed by atoms with Crippen LogP contribution in [0.2, 0.25) is 0 Å². The van der Waals surface area contributed by atoms with Gasteiger partial charge in [0.2, 0.25) is 0 Å². The van der Waals surface area contributed by atoms with Crippen LogP contribution in [0, 0.1) is 0 Å². The van der Waals surface area contributed by atoms with Crippen LogP contribution in [0.4, 0.5) is 0 Å². The first-order valence-electron chi connectivity index (χ1n) is 6.25. The van der Waals surface area contributed by atoms with Gasteiger partial charge in [0.1, 0.15) is 0 Å². The molecule has 0 spiro atoms. The highest BCUT2D eigenvalue weighted by atomic mass is 32.2. The summed E-state index contributed by atoms with van der Waals surface area (Å²) in [4.78, 5) is 4.39. The van der Waals surface area contributed by atoms with E-state index in [0.717, 1.165) is 23.4 Å². The van der Waals surface area contributed by atoms with E-state index in [9.17, 15) is 0 Å². The molecule has 0 aliphatic rings. The minimum Gasteiger partial charge on any atom is -0.267 e. The second-order valence-corrected chi connectivity index (χ2v) is 5.26. The maximum Gasteiger partial charge on any atom is 0.0453 e. The lowest BCUT2D eigenvalue weighted by molar-refractivity contribution is 1.07. The lowest BCUT2D eigenvalue weighted by atomic mass is 10.1. The van der Waals surface area contributed by atoms with Crippen LogP contribution in [0.25, 0.3) is 6.08 Å². The Morgan fingerprint density at radius 3 is 2.63 bits per heavy atom. The number of nitrogens with one attached hydrogen (secondary N) is 1. The van der Waals surface area contributed by atoms with Crippen molar-refractivity contribution in [2.45, 2.75) is 12.2 Å². The lowest BCUT2D eigenvalue weighted by Crippen LogP contribution is -1.95. The van der Waals surface area contributed by atoms with Crippen LogP contribution >= 0.6 is 11.9 Å². The molecule has 98 valence electrons. The molecule has 1 heterocycles. The molecule has 1 aromatic carbocycles. The van der Waals surface area contributed by atoms with Crippen molar-refractivity contribution in [1.29, 1.82) is 0 Å². The summed E-state index contributed by atoms with van der Waals surface area (Å²) in [5.74, 6) is 0.987. The third kappa shape index (κ3) is 4.23. The molecule has 0 aliphatic heterocycles. The maximum absolute atomic E-state index is 4.39. The Bertz CT molecular complexity index is 535. The highest BCUT2D eigenvalue weighted by molar-refractivity contribution is 7.96. The average molecular weight is 270 g/mol. The maximum atomic E-state index is 4.39. The van der Waals surface area contributed by atoms with Crippen molar-refractivity contribution in [3.63, 3.8) is 0 Å². The van der Waals surface area contributed by atoms with Gasteiger partial charge >= 0.3 is 0 Å². The number of rotatable bonds is 6. The van der Waals surface area contributed by atoms with Gasteiger partial charge in [-0.2, -0.15) is 0 Å². The fourth-order valence-electron chi connectivity index (χ4n) is 1.84. The van der Waals surface area contributed by atoms with Crippen molar-refractivity contribution >= 4 is 18.0 Å². The summed E-state index contributed by atoms with van der Waals surface area (Å²) in [7, 11) is 1.94. The van der Waals surface area contributed by atoms with Gasteiger partial charge in [-0.15, -0.1) is 0 Å². The molecule has 0 radical (unpaired) electrons. The quantitative estimate of drug-likeness (QED) is 0.810. The van der Waals surface area contributed by atoms with Gasteiger partial charge in [0, 0.05) is 24.1 Å². The Kier molecular flexibility index (Phi) is 5.19. The Balaban J connectivity index is 2.04. The third-order valence-corrected chi connectivity index (χ3v) is 3.63. The molecular formula is C16H18N2S. The summed E-state index contributed by atoms with van der Waals surface area (Å²) >= 11 is 1.70. The molecule has 0 aliphatic carbocycles. The molecule has 1 aromatic heterocycles. The van der Waals surface area contributed by atoms with Crippen molar-refractivity contribution < 1.29 is 0 Å². The van der Waals surface area contributed by atoms with Crippen LogP contribution in [0.1, 0.15) is 22.4 Å². The molecule has 2 aromatic rings. The smallest absolute Gasteiger partial charge is 0.0453 e. The second-order valence-electron chi connectivity index (χ2n) is 4.27. The Labute approximate surface area is 119 Å². The van der Waals surface area contributed by atoms with Gasteiger partial charge < -0.3 is 0 Å². The molecule has 2 rings (SSSR count). The van der Waals surface area contributed by atoms with Crippen molar-refractivity contribution in [2.75, 3.05) is 7.05 Å². The fraction of sp³-hybridized carbons (Fsp3) is 0.188. The van der Waals surface area contributed by atoms with Crippen molar-refractivity contribution in [2.24, 2.45) is 0 Å². The van der Waals surface area contributed by atoms with E-state index < -0.39 is 0 Å². The summed E-state index contributed by atoms with van der Waals surface area (Å²) in [5, 5.41) is 0. The first-order valence-corrected chi connectivity index (χ1v) is 7.24. The van der Waals surface area contributed by atoms with E-state index >= 15 is 0 Å². The van der Waals surface area contributed by atoms with Gasteiger partial charge in [0.05, 0.1) is 0 Å². The van der Waals surface area contributed by atoms with Gasteiger partial charge in [0.25, 0.3) is 0 Å². The third-order valence-electron chi connectivity index (χ3n) is 2.87. The molecule has 0 bridgehead atoms. The normalized spacial score (nSPS) is 10.4. The molecule has 0 saturated heterocycles. The van der Waals surface area contributed by atoms with Gasteiger partial charge in [-0.1, -0.05) is 48.9 Å². The Morgan fingerprint density at radius 1 is 1.21 bits per heavy atom. The SMILES string of the molecule is C=Cc1ccnc(Cc2ccc(CSNC)cc2)c1. The van der Waals surface area contributed by atoms with Crippen LogP contribution in [0.3, 0.4) is 0 Å². The number of hydrogen-bond donors (Lipinski definition) is 1. The molecular weight excluding hydrogens is 252 g/mol. The highest BCUT2D eigenvalue weighted by Crippen LogP contribution is 2.13. The zero-order valence-electron chi connectivity index (χ0n) is 11.1. The van der Waals surface area contributed by atoms with Crippen LogP contribution in [0.5, 0.6) is 0 Å². The van der Waals surface area contributed by atoms with Crippen molar-refractivity contribution in [3.05, 3.63) is 71.6 Å². The zero-order chi connectivity index (χ0) is 13.5. The summed E-state index contributed by atoms with van der Waals surface area (Å²) < 4.78 is 3.08. The van der Waals surface area contributed by atoms with E-state index in [1.165, 1.54) is 11.1 Å². The predicted octanol–water partition coefficient (Wildman–Crippen LogP) is 3.68. The number of aromatic nitrogens is 1. The van der Waals surface area contributed by atoms with Crippen molar-refractivity contribution in [1.82, 2.24) is 9.71 Å². The number of benzene rings is 1. The molecule has 2 nitrogen and oxygen atoms in total. The molecule has 19 heavy (non-hydrogen) atoms. The van der Waals surface area contributed by atoms with E-state index in [2.05, 4.69) is 46.6 Å². The number of hydrogen-bond acceptors (Lipinski definition) is 3. The van der Waals surface area contributed by atoms with Crippen LogP contribution in [0.15, 0.2) is 49.2 Å². The summed E-state index contributed by atoms with van der Waals surface area (Å²) in [6.45, 7) is 3.78. The van der Waals surface area contributed by atoms with E-state index in [0.29, 0.717) is 0 Å². The van der Waals surface area contributed by atoms with Crippen LogP contribution in [-0.2, 0) is 12.2 Å². The summed E-state index contributed by atoms with van der Waals surface area (Å²) in [6.07, 6.45) is 4.55. The summed E-state index contributed by atoms with van der Waals surface area (Å²) in [5.41, 5.74) is 4.81. The first kappa shape index (κ1) is 13.8. The van der Waals surface area contributed by atoms with Gasteiger partial charge in [-0.25, -0.2) is 0 Å². The standard InChI is InChI=1S/C16H18N2S/c1-3-13-8-9-18-16(10-13)11-14-4-6-15(7-5-14)12-19-17-2/h3-10,17H,1,11-12H2,2H3. The minimum absolute atomic E-state index is 0.862. The van der Waals surface area contributed by atoms with Crippen LogP contribution < -0.4 is 4.72 Å². The average Bonchev–Trinajstić information content (AvgIpc) is 2.47. The van der Waals surface area contributed by atoms with E-state index in [-0.39, 0.29) is 0 Å². The largest absolute Gasteiger partial charge is 0.267 e. The summed E-state index contributed by atoms with van der Waals surface area (Å²) in [6, 6.07) is 12.8. The van der Waals surface area contributed by atoms with Gasteiger partial charge in [-0.3, -0.25) is 9.71 Å². The molecule has 0 unspecified atom stereocenters. The van der Waals surface area contributed by atoms with Gasteiger partial charge in [-0.05, 0) is 35.9 Å². The zero-order valence-corrected chi connectivity index (χ0v) is 11.9. The van der Waals surface area contributed by atoms with Crippen molar-refractivity contribution in [3.8, 4) is 0 Å². The van der Waals surface area contributed by atoms with E-state index in [4.69, 9.17) is 0 Å². The molecule has 0 saturated carbocycles. The second kappa shape index (κ2) is 7.12.